The van der Waals surface area contributed by atoms with E-state index >= 15 is 0 Å². The van der Waals surface area contributed by atoms with Crippen molar-refractivity contribution < 1.29 is 13.6 Å². The largest absolute Gasteiger partial charge is 0.303 e. The van der Waals surface area contributed by atoms with E-state index < -0.39 is 11.6 Å². The van der Waals surface area contributed by atoms with Crippen molar-refractivity contribution in [3.05, 3.63) is 65.6 Å². The number of thioether (sulfide) groups is 1. The van der Waals surface area contributed by atoms with Crippen LogP contribution in [0.4, 0.5) is 14.5 Å². The summed E-state index contributed by atoms with van der Waals surface area (Å²) >= 11 is 1.60. The maximum atomic E-state index is 14.1. The minimum Gasteiger partial charge on any atom is -0.303 e. The monoisotopic (exact) mass is 372 g/mol. The van der Waals surface area contributed by atoms with E-state index in [-0.39, 0.29) is 17.3 Å². The number of fused-ring (bicyclic) bond motifs is 1. The van der Waals surface area contributed by atoms with Crippen molar-refractivity contribution in [2.75, 3.05) is 17.2 Å². The maximum absolute atomic E-state index is 14.1. The first-order valence-corrected chi connectivity index (χ1v) is 8.95. The van der Waals surface area contributed by atoms with E-state index in [9.17, 15) is 13.6 Å². The van der Waals surface area contributed by atoms with Crippen molar-refractivity contribution in [3.8, 4) is 5.69 Å². The van der Waals surface area contributed by atoms with E-state index in [4.69, 9.17) is 0 Å². The SMILES string of the molecule is Cc1cc(C(=O)N2CCSc3ncccc32)nn1-c1ccc(F)cc1F. The average molecular weight is 372 g/mol. The van der Waals surface area contributed by atoms with Crippen LogP contribution in [0.25, 0.3) is 5.69 Å². The second-order valence-corrected chi connectivity index (χ2v) is 6.90. The minimum atomic E-state index is -0.737. The lowest BCUT2D eigenvalue weighted by atomic mass is 10.2. The summed E-state index contributed by atoms with van der Waals surface area (Å²) in [7, 11) is 0. The zero-order valence-electron chi connectivity index (χ0n) is 13.8. The third-order valence-electron chi connectivity index (χ3n) is 4.09. The predicted molar refractivity (Wildman–Crippen MR) is 94.9 cm³/mol. The standard InChI is InChI=1S/C18H14F2N4OS/c1-11-9-14(22-24(11)15-5-4-12(19)10-13(15)20)18(25)23-7-8-26-17-16(23)3-2-6-21-17/h2-6,9-10H,7-8H2,1H3. The number of carbonyl (C=O) groups is 1. The number of aromatic nitrogens is 3. The smallest absolute Gasteiger partial charge is 0.278 e. The molecule has 1 aliphatic heterocycles. The number of hydrogen-bond acceptors (Lipinski definition) is 4. The number of halogens is 2. The summed E-state index contributed by atoms with van der Waals surface area (Å²) in [5.74, 6) is -0.938. The number of pyridine rings is 1. The van der Waals surface area contributed by atoms with Gasteiger partial charge in [0.25, 0.3) is 5.91 Å². The second-order valence-electron chi connectivity index (χ2n) is 5.81. The topological polar surface area (TPSA) is 51.0 Å². The van der Waals surface area contributed by atoms with Crippen molar-refractivity contribution in [1.82, 2.24) is 14.8 Å². The van der Waals surface area contributed by atoms with Crippen LogP contribution >= 0.6 is 11.8 Å². The molecule has 1 aromatic carbocycles. The van der Waals surface area contributed by atoms with E-state index in [1.807, 2.05) is 6.07 Å². The van der Waals surface area contributed by atoms with E-state index in [2.05, 4.69) is 10.1 Å². The Morgan fingerprint density at radius 2 is 2.04 bits per heavy atom. The van der Waals surface area contributed by atoms with Gasteiger partial charge in [-0.3, -0.25) is 4.79 Å². The van der Waals surface area contributed by atoms with Gasteiger partial charge in [-0.2, -0.15) is 5.10 Å². The molecule has 0 fully saturated rings. The zero-order chi connectivity index (χ0) is 18.3. The number of anilines is 1. The Morgan fingerprint density at radius 1 is 1.19 bits per heavy atom. The Morgan fingerprint density at radius 3 is 2.85 bits per heavy atom. The van der Waals surface area contributed by atoms with Gasteiger partial charge in [0, 0.05) is 30.3 Å². The Balaban J connectivity index is 1.71. The van der Waals surface area contributed by atoms with Crippen LogP contribution in [0.15, 0.2) is 47.6 Å². The highest BCUT2D eigenvalue weighted by atomic mass is 32.2. The number of benzene rings is 1. The van der Waals surface area contributed by atoms with E-state index in [0.717, 1.165) is 28.6 Å². The van der Waals surface area contributed by atoms with Crippen molar-refractivity contribution in [2.24, 2.45) is 0 Å². The molecular formula is C18H14F2N4OS. The van der Waals surface area contributed by atoms with Gasteiger partial charge in [-0.1, -0.05) is 0 Å². The lowest BCUT2D eigenvalue weighted by Crippen LogP contribution is -2.36. The average Bonchev–Trinajstić information content (AvgIpc) is 3.02. The molecule has 1 amide bonds. The fourth-order valence-corrected chi connectivity index (χ4v) is 3.81. The molecule has 8 heteroatoms. The highest BCUT2D eigenvalue weighted by molar-refractivity contribution is 7.99. The highest BCUT2D eigenvalue weighted by Gasteiger charge is 2.27. The van der Waals surface area contributed by atoms with Crippen LogP contribution in [-0.4, -0.2) is 33.0 Å². The van der Waals surface area contributed by atoms with E-state index in [0.29, 0.717) is 12.2 Å². The van der Waals surface area contributed by atoms with Gasteiger partial charge < -0.3 is 4.90 Å². The number of amides is 1. The van der Waals surface area contributed by atoms with Gasteiger partial charge in [-0.05, 0) is 37.3 Å². The summed E-state index contributed by atoms with van der Waals surface area (Å²) in [5.41, 5.74) is 1.62. The lowest BCUT2D eigenvalue weighted by molar-refractivity contribution is 0.0982. The first kappa shape index (κ1) is 16.7. The van der Waals surface area contributed by atoms with Gasteiger partial charge in [0.2, 0.25) is 0 Å². The zero-order valence-corrected chi connectivity index (χ0v) is 14.6. The molecule has 5 nitrogen and oxygen atoms in total. The van der Waals surface area contributed by atoms with Gasteiger partial charge >= 0.3 is 0 Å². The molecular weight excluding hydrogens is 358 g/mol. The molecule has 0 saturated carbocycles. The number of carbonyl (C=O) groups excluding carboxylic acids is 1. The van der Waals surface area contributed by atoms with Crippen molar-refractivity contribution in [1.29, 1.82) is 0 Å². The molecule has 4 rings (SSSR count). The van der Waals surface area contributed by atoms with Crippen molar-refractivity contribution in [2.45, 2.75) is 11.9 Å². The Kier molecular flexibility index (Phi) is 4.20. The molecule has 0 spiro atoms. The Hall–Kier alpha value is -2.74. The highest BCUT2D eigenvalue weighted by Crippen LogP contribution is 2.33. The number of rotatable bonds is 2. The summed E-state index contributed by atoms with van der Waals surface area (Å²) in [5, 5.41) is 5.05. The molecule has 0 unspecified atom stereocenters. The molecule has 0 saturated heterocycles. The van der Waals surface area contributed by atoms with Crippen molar-refractivity contribution in [3.63, 3.8) is 0 Å². The van der Waals surface area contributed by atoms with Gasteiger partial charge in [-0.25, -0.2) is 18.4 Å². The Bertz CT molecular complexity index is 1000. The molecule has 26 heavy (non-hydrogen) atoms. The van der Waals surface area contributed by atoms with Crippen LogP contribution < -0.4 is 4.90 Å². The number of aryl methyl sites for hydroxylation is 1. The molecule has 0 radical (unpaired) electrons. The normalized spacial score (nSPS) is 13.6. The third kappa shape index (κ3) is 2.86. The van der Waals surface area contributed by atoms with Gasteiger partial charge in [0.1, 0.15) is 16.5 Å². The predicted octanol–water partition coefficient (Wildman–Crippen LogP) is 3.61. The fraction of sp³-hybridized carbons (Fsp3) is 0.167. The summed E-state index contributed by atoms with van der Waals surface area (Å²) < 4.78 is 28.5. The Labute approximate surface area is 152 Å². The molecule has 0 N–H and O–H groups in total. The molecule has 0 bridgehead atoms. The van der Waals surface area contributed by atoms with Crippen LogP contribution in [0.2, 0.25) is 0 Å². The molecule has 3 aromatic rings. The summed E-state index contributed by atoms with van der Waals surface area (Å²) in [6.45, 7) is 2.26. The van der Waals surface area contributed by atoms with Gasteiger partial charge in [-0.15, -0.1) is 11.8 Å². The van der Waals surface area contributed by atoms with E-state index in [1.165, 1.54) is 10.7 Å². The van der Waals surface area contributed by atoms with Crippen LogP contribution in [0.5, 0.6) is 0 Å². The fourth-order valence-electron chi connectivity index (χ4n) is 2.88. The number of nitrogens with zero attached hydrogens (tertiary/aromatic N) is 4. The first-order chi connectivity index (χ1) is 12.5. The third-order valence-corrected chi connectivity index (χ3v) is 5.06. The number of hydrogen-bond donors (Lipinski definition) is 0. The van der Waals surface area contributed by atoms with Crippen molar-refractivity contribution >= 4 is 23.4 Å². The molecule has 1 aliphatic rings. The van der Waals surface area contributed by atoms with Crippen LogP contribution in [0.3, 0.4) is 0 Å². The molecule has 3 heterocycles. The summed E-state index contributed by atoms with van der Waals surface area (Å²) in [6, 6.07) is 8.48. The quantitative estimate of drug-likeness (QED) is 0.690. The molecule has 2 aromatic heterocycles. The van der Waals surface area contributed by atoms with Gasteiger partial charge in [0.05, 0.1) is 5.69 Å². The molecule has 0 aliphatic carbocycles. The molecule has 132 valence electrons. The van der Waals surface area contributed by atoms with Crippen LogP contribution in [-0.2, 0) is 0 Å². The molecule has 0 atom stereocenters. The second kappa shape index (κ2) is 6.53. The minimum absolute atomic E-state index is 0.0965. The maximum Gasteiger partial charge on any atom is 0.278 e. The summed E-state index contributed by atoms with van der Waals surface area (Å²) in [4.78, 5) is 18.9. The van der Waals surface area contributed by atoms with Crippen LogP contribution in [0.1, 0.15) is 16.2 Å². The van der Waals surface area contributed by atoms with Crippen LogP contribution in [0, 0.1) is 18.6 Å². The first-order valence-electron chi connectivity index (χ1n) is 7.96. The van der Waals surface area contributed by atoms with Gasteiger partial charge in [0.15, 0.2) is 11.5 Å². The summed E-state index contributed by atoms with van der Waals surface area (Å²) in [6.07, 6.45) is 1.69. The van der Waals surface area contributed by atoms with E-state index in [1.54, 1.807) is 41.9 Å². The lowest BCUT2D eigenvalue weighted by Gasteiger charge is -2.27.